The number of benzene rings is 2. The van der Waals surface area contributed by atoms with Gasteiger partial charge in [-0.05, 0) is 79.1 Å². The summed E-state index contributed by atoms with van der Waals surface area (Å²) in [5.74, 6) is -0.941. The van der Waals surface area contributed by atoms with Crippen molar-refractivity contribution >= 4 is 27.5 Å². The number of methoxy groups -OCH3 is 2. The monoisotopic (exact) mass is 633 g/mol. The first-order valence-corrected chi connectivity index (χ1v) is 16.2. The Kier molecular flexibility index (Phi) is 7.97. The van der Waals surface area contributed by atoms with E-state index in [0.717, 1.165) is 38.8 Å². The van der Waals surface area contributed by atoms with Gasteiger partial charge in [0.1, 0.15) is 35.2 Å². The Morgan fingerprint density at radius 3 is 2.65 bits per heavy atom. The molecule has 3 aliphatic rings. The van der Waals surface area contributed by atoms with Crippen LogP contribution in [0.3, 0.4) is 0 Å². The number of phenols is 1. The van der Waals surface area contributed by atoms with Crippen molar-refractivity contribution in [3.8, 4) is 23.0 Å². The summed E-state index contributed by atoms with van der Waals surface area (Å²) >= 11 is 0. The number of fused-ring (bicyclic) bond motifs is 3. The van der Waals surface area contributed by atoms with Crippen LogP contribution in [-0.4, -0.2) is 83.3 Å². The predicted molar refractivity (Wildman–Crippen MR) is 172 cm³/mol. The zero-order chi connectivity index (χ0) is 32.2. The van der Waals surface area contributed by atoms with Crippen LogP contribution in [0, 0.1) is 17.6 Å². The SMILES string of the molecule is CCc1c(F)ccc2cc(O)cc(-c3ncc4c(N5CCCC(OC)(OC)C5)nc(OC[C@@]56CCCN5C[C@H](C)C6)nc4c3F)c12. The number of aromatic hydroxyl groups is 1. The molecule has 0 aliphatic carbocycles. The molecule has 0 unspecified atom stereocenters. The molecule has 0 radical (unpaired) electrons. The van der Waals surface area contributed by atoms with Gasteiger partial charge in [-0.2, -0.15) is 9.97 Å². The fourth-order valence-electron chi connectivity index (χ4n) is 8.15. The van der Waals surface area contributed by atoms with Crippen LogP contribution in [0.4, 0.5) is 14.6 Å². The molecule has 3 saturated heterocycles. The zero-order valence-corrected chi connectivity index (χ0v) is 26.9. The lowest BCUT2D eigenvalue weighted by atomic mass is 9.92. The molecule has 0 spiro atoms. The molecule has 0 saturated carbocycles. The first-order valence-electron chi connectivity index (χ1n) is 16.2. The molecule has 2 aromatic carbocycles. The van der Waals surface area contributed by atoms with Gasteiger partial charge in [-0.25, -0.2) is 8.78 Å². The van der Waals surface area contributed by atoms with Gasteiger partial charge in [0.05, 0.1) is 17.5 Å². The second-order valence-electron chi connectivity index (χ2n) is 13.2. The van der Waals surface area contributed by atoms with Gasteiger partial charge in [-0.1, -0.05) is 19.9 Å². The van der Waals surface area contributed by atoms with Crippen molar-refractivity contribution in [2.45, 2.75) is 63.7 Å². The van der Waals surface area contributed by atoms with Crippen molar-refractivity contribution in [1.29, 1.82) is 0 Å². The van der Waals surface area contributed by atoms with Crippen molar-refractivity contribution in [1.82, 2.24) is 19.9 Å². The molecule has 9 nitrogen and oxygen atoms in total. The standard InChI is InChI=1S/C35H41F2N5O4/c1-5-24-27(36)9-8-22-14-23(43)15-25(28(22)24)30-29(37)31-26(17-38-30)32(41-12-7-11-35(19-41,44-3)45-4)40-33(39-31)46-20-34-10-6-13-42(34)18-21(2)16-34/h8-9,14-15,17,21,43H,5-7,10-13,16,18-20H2,1-4H3/t21-,34+/m1/s1. The Bertz CT molecular complexity index is 1800. The van der Waals surface area contributed by atoms with Crippen LogP contribution in [0.25, 0.3) is 32.9 Å². The Morgan fingerprint density at radius 1 is 1.07 bits per heavy atom. The van der Waals surface area contributed by atoms with E-state index in [9.17, 15) is 9.50 Å². The highest BCUT2D eigenvalue weighted by molar-refractivity contribution is 6.01. The largest absolute Gasteiger partial charge is 0.508 e. The third-order valence-corrected chi connectivity index (χ3v) is 10.3. The van der Waals surface area contributed by atoms with Crippen LogP contribution in [0.2, 0.25) is 0 Å². The maximum atomic E-state index is 16.9. The first kappa shape index (κ1) is 31.0. The summed E-state index contributed by atoms with van der Waals surface area (Å²) in [5.41, 5.74) is 0.660. The minimum Gasteiger partial charge on any atom is -0.508 e. The van der Waals surface area contributed by atoms with E-state index in [4.69, 9.17) is 19.2 Å². The van der Waals surface area contributed by atoms with E-state index in [2.05, 4.69) is 21.8 Å². The number of rotatable bonds is 8. The fourth-order valence-corrected chi connectivity index (χ4v) is 8.15. The van der Waals surface area contributed by atoms with Crippen molar-refractivity contribution in [2.24, 2.45) is 5.92 Å². The molecular weight excluding hydrogens is 592 g/mol. The number of halogens is 2. The maximum absolute atomic E-state index is 16.9. The van der Waals surface area contributed by atoms with Crippen LogP contribution < -0.4 is 9.64 Å². The molecule has 7 rings (SSSR count). The number of aromatic nitrogens is 3. The molecule has 1 N–H and O–H groups in total. The molecule has 46 heavy (non-hydrogen) atoms. The summed E-state index contributed by atoms with van der Waals surface area (Å²) in [6.45, 7) is 7.64. The Labute approximate surface area is 267 Å². The van der Waals surface area contributed by atoms with E-state index >= 15 is 4.39 Å². The summed E-state index contributed by atoms with van der Waals surface area (Å²) in [6, 6.07) is 6.02. The number of nitrogens with zero attached hydrogens (tertiary/aromatic N) is 5. The second kappa shape index (κ2) is 11.8. The molecule has 0 amide bonds. The number of phenolic OH excluding ortho intramolecular Hbond substituents is 1. The minimum atomic E-state index is -0.840. The first-order chi connectivity index (χ1) is 22.2. The predicted octanol–water partition coefficient (Wildman–Crippen LogP) is 6.23. The number of hydrogen-bond donors (Lipinski definition) is 1. The lowest BCUT2D eigenvalue weighted by Gasteiger charge is -2.41. The van der Waals surface area contributed by atoms with Gasteiger partial charge in [-0.3, -0.25) is 9.88 Å². The average molecular weight is 634 g/mol. The highest BCUT2D eigenvalue weighted by Gasteiger charge is 2.48. The zero-order valence-electron chi connectivity index (χ0n) is 26.9. The highest BCUT2D eigenvalue weighted by Crippen LogP contribution is 2.43. The molecule has 5 heterocycles. The molecule has 11 heteroatoms. The van der Waals surface area contributed by atoms with E-state index < -0.39 is 17.4 Å². The number of ether oxygens (including phenoxy) is 3. The topological polar surface area (TPSA) is 93.1 Å². The van der Waals surface area contributed by atoms with E-state index in [1.807, 2.05) is 11.8 Å². The van der Waals surface area contributed by atoms with Crippen molar-refractivity contribution in [2.75, 3.05) is 51.9 Å². The summed E-state index contributed by atoms with van der Waals surface area (Å²) in [7, 11) is 3.24. The van der Waals surface area contributed by atoms with Crippen molar-refractivity contribution in [3.05, 3.63) is 47.7 Å². The fraction of sp³-hybridized carbons (Fsp3) is 0.514. The van der Waals surface area contributed by atoms with E-state index in [0.29, 0.717) is 71.6 Å². The van der Waals surface area contributed by atoms with E-state index in [1.165, 1.54) is 12.1 Å². The molecule has 244 valence electrons. The smallest absolute Gasteiger partial charge is 0.319 e. The maximum Gasteiger partial charge on any atom is 0.319 e. The second-order valence-corrected chi connectivity index (χ2v) is 13.2. The third kappa shape index (κ3) is 5.12. The Morgan fingerprint density at radius 2 is 1.87 bits per heavy atom. The van der Waals surface area contributed by atoms with Crippen molar-refractivity contribution in [3.63, 3.8) is 0 Å². The Hall–Kier alpha value is -3.67. The molecule has 2 aromatic heterocycles. The minimum absolute atomic E-state index is 0.0312. The van der Waals surface area contributed by atoms with Crippen LogP contribution >= 0.6 is 0 Å². The molecular formula is C35H41F2N5O4. The van der Waals surface area contributed by atoms with E-state index in [-0.39, 0.29) is 28.5 Å². The molecule has 4 aromatic rings. The van der Waals surface area contributed by atoms with Gasteiger partial charge >= 0.3 is 6.01 Å². The summed E-state index contributed by atoms with van der Waals surface area (Å²) in [6.07, 6.45) is 6.61. The summed E-state index contributed by atoms with van der Waals surface area (Å²) < 4.78 is 49.9. The number of piperidine rings is 1. The van der Waals surface area contributed by atoms with Crippen molar-refractivity contribution < 1.29 is 28.1 Å². The number of aryl methyl sites for hydroxylation is 1. The van der Waals surface area contributed by atoms with Gasteiger partial charge in [0, 0.05) is 45.5 Å². The normalized spacial score (nSPS) is 23.0. The van der Waals surface area contributed by atoms with Crippen LogP contribution in [-0.2, 0) is 15.9 Å². The van der Waals surface area contributed by atoms with Gasteiger partial charge < -0.3 is 24.2 Å². The Balaban J connectivity index is 1.38. The van der Waals surface area contributed by atoms with Gasteiger partial charge in [-0.15, -0.1) is 0 Å². The molecule has 2 atom stereocenters. The molecule has 3 aliphatic heterocycles. The van der Waals surface area contributed by atoms with Crippen LogP contribution in [0.1, 0.15) is 51.5 Å². The van der Waals surface area contributed by atoms with Crippen LogP contribution in [0.15, 0.2) is 30.5 Å². The highest BCUT2D eigenvalue weighted by atomic mass is 19.1. The lowest BCUT2D eigenvalue weighted by Crippen LogP contribution is -2.51. The van der Waals surface area contributed by atoms with Gasteiger partial charge in [0.15, 0.2) is 11.6 Å². The van der Waals surface area contributed by atoms with E-state index in [1.54, 1.807) is 32.5 Å². The molecule has 0 bridgehead atoms. The quantitative estimate of drug-likeness (QED) is 0.227. The van der Waals surface area contributed by atoms with Gasteiger partial charge in [0.25, 0.3) is 0 Å². The number of pyridine rings is 1. The van der Waals surface area contributed by atoms with Gasteiger partial charge in [0.2, 0.25) is 0 Å². The average Bonchev–Trinajstić information content (AvgIpc) is 3.59. The lowest BCUT2D eigenvalue weighted by molar-refractivity contribution is -0.209. The summed E-state index contributed by atoms with van der Waals surface area (Å²) in [4.78, 5) is 18.6. The summed E-state index contributed by atoms with van der Waals surface area (Å²) in [5, 5.41) is 12.1. The molecule has 3 fully saturated rings. The van der Waals surface area contributed by atoms with Crippen LogP contribution in [0.5, 0.6) is 11.8 Å². The third-order valence-electron chi connectivity index (χ3n) is 10.3. The number of hydrogen-bond acceptors (Lipinski definition) is 9. The number of anilines is 1.